The Balaban J connectivity index is 3.17. The summed E-state index contributed by atoms with van der Waals surface area (Å²) < 4.78 is -1.52. The fourth-order valence-corrected chi connectivity index (χ4v) is 3.48. The second-order valence-corrected chi connectivity index (χ2v) is 13.7. The summed E-state index contributed by atoms with van der Waals surface area (Å²) in [7, 11) is 0. The molecule has 0 saturated carbocycles. The van der Waals surface area contributed by atoms with E-state index in [1.54, 1.807) is 0 Å². The molecule has 0 heterocycles. The standard InChI is InChI=1S/C10H14PSSe/c1-10(2,3)11(12,13)9-7-5-4-6-8-9/h4-8H,1-3H3. The van der Waals surface area contributed by atoms with E-state index in [0.29, 0.717) is 0 Å². The Morgan fingerprint density at radius 3 is 2.00 bits per heavy atom. The maximum absolute atomic E-state index is 5.70. The Hall–Kier alpha value is 0.389. The molecule has 3 heteroatoms. The molecule has 1 atom stereocenters. The van der Waals surface area contributed by atoms with Gasteiger partial charge in [0.2, 0.25) is 0 Å². The molecule has 0 saturated heterocycles. The fourth-order valence-electron chi connectivity index (χ4n) is 1.01. The fraction of sp³-hybridized carbons (Fsp3) is 0.400. The van der Waals surface area contributed by atoms with E-state index in [9.17, 15) is 0 Å². The summed E-state index contributed by atoms with van der Waals surface area (Å²) in [6.45, 7) is 6.62. The first kappa shape index (κ1) is 11.5. The Bertz CT molecular complexity index is 327. The van der Waals surface area contributed by atoms with Crippen LogP contribution in [-0.4, -0.2) is 20.7 Å². The SMILES string of the molecule is CC(C)(C)P(=S)([Se])c1ccccc1. The van der Waals surface area contributed by atoms with Crippen LogP contribution in [0.25, 0.3) is 0 Å². The van der Waals surface area contributed by atoms with E-state index in [2.05, 4.69) is 60.6 Å². The third-order valence-electron chi connectivity index (χ3n) is 1.98. The number of benzene rings is 1. The predicted molar refractivity (Wildman–Crippen MR) is 65.9 cm³/mol. The molecule has 0 spiro atoms. The molecule has 1 rings (SSSR count). The Morgan fingerprint density at radius 2 is 1.62 bits per heavy atom. The maximum atomic E-state index is 5.70. The van der Waals surface area contributed by atoms with Gasteiger partial charge >= 0.3 is 93.7 Å². The van der Waals surface area contributed by atoms with Crippen molar-refractivity contribution in [1.82, 2.24) is 0 Å². The van der Waals surface area contributed by atoms with Crippen molar-refractivity contribution in [2.24, 2.45) is 0 Å². The first-order valence-corrected chi connectivity index (χ1v) is 9.24. The minimum atomic E-state index is -1.52. The van der Waals surface area contributed by atoms with E-state index in [1.165, 1.54) is 5.30 Å². The van der Waals surface area contributed by atoms with Gasteiger partial charge in [0.15, 0.2) is 0 Å². The molecular formula is C10H14PSSe. The molecule has 0 fully saturated rings. The van der Waals surface area contributed by atoms with Crippen LogP contribution in [0.3, 0.4) is 0 Å². The minimum absolute atomic E-state index is 0.170. The molecule has 0 nitrogen and oxygen atoms in total. The van der Waals surface area contributed by atoms with Crippen LogP contribution >= 0.6 is 4.73 Å². The predicted octanol–water partition coefficient (Wildman–Crippen LogP) is 2.67. The molecule has 1 aromatic rings. The molecule has 0 aromatic heterocycles. The van der Waals surface area contributed by atoms with Crippen LogP contribution in [-0.2, 0) is 11.8 Å². The van der Waals surface area contributed by atoms with Crippen molar-refractivity contribution in [2.45, 2.75) is 25.9 Å². The van der Waals surface area contributed by atoms with Gasteiger partial charge in [-0.05, 0) is 0 Å². The Morgan fingerprint density at radius 1 is 1.15 bits per heavy atom. The van der Waals surface area contributed by atoms with Gasteiger partial charge < -0.3 is 0 Å². The second-order valence-electron chi connectivity index (χ2n) is 4.06. The molecule has 0 aliphatic carbocycles. The number of hydrogen-bond donors (Lipinski definition) is 0. The molecule has 0 bridgehead atoms. The van der Waals surface area contributed by atoms with Gasteiger partial charge in [0.05, 0.1) is 0 Å². The van der Waals surface area contributed by atoms with Gasteiger partial charge in [0.25, 0.3) is 0 Å². The normalized spacial score (nSPS) is 16.6. The van der Waals surface area contributed by atoms with Crippen molar-refractivity contribution < 1.29 is 0 Å². The van der Waals surface area contributed by atoms with Gasteiger partial charge in [0, 0.05) is 0 Å². The zero-order chi connectivity index (χ0) is 10.1. The van der Waals surface area contributed by atoms with Crippen molar-refractivity contribution in [1.29, 1.82) is 0 Å². The average molecular weight is 276 g/mol. The van der Waals surface area contributed by atoms with Gasteiger partial charge in [-0.15, -0.1) is 0 Å². The van der Waals surface area contributed by atoms with Crippen LogP contribution < -0.4 is 5.30 Å². The summed E-state index contributed by atoms with van der Waals surface area (Å²) in [5, 5.41) is 1.46. The Labute approximate surface area is 93.6 Å². The summed E-state index contributed by atoms with van der Waals surface area (Å²) in [5.74, 6) is 0. The van der Waals surface area contributed by atoms with Crippen LogP contribution in [0.1, 0.15) is 20.8 Å². The van der Waals surface area contributed by atoms with Crippen LogP contribution in [0.2, 0.25) is 0 Å². The van der Waals surface area contributed by atoms with Gasteiger partial charge in [-0.1, -0.05) is 0 Å². The molecule has 0 amide bonds. The zero-order valence-electron chi connectivity index (χ0n) is 8.15. The number of rotatable bonds is 1. The summed E-state index contributed by atoms with van der Waals surface area (Å²) in [6.07, 6.45) is 0. The van der Waals surface area contributed by atoms with E-state index in [1.807, 2.05) is 6.07 Å². The van der Waals surface area contributed by atoms with Crippen LogP contribution in [0.4, 0.5) is 0 Å². The summed E-state index contributed by atoms with van der Waals surface area (Å²) in [6, 6.07) is 10.4. The average Bonchev–Trinajstić information content (AvgIpc) is 2.04. The topological polar surface area (TPSA) is 0 Å². The molecule has 0 aliphatic rings. The second kappa shape index (κ2) is 3.87. The first-order valence-electron chi connectivity index (χ1n) is 4.22. The van der Waals surface area contributed by atoms with Crippen LogP contribution in [0.5, 0.6) is 0 Å². The molecule has 1 aromatic carbocycles. The van der Waals surface area contributed by atoms with Crippen molar-refractivity contribution >= 4 is 37.4 Å². The quantitative estimate of drug-likeness (QED) is 0.561. The van der Waals surface area contributed by atoms with Gasteiger partial charge in [0.1, 0.15) is 0 Å². The van der Waals surface area contributed by atoms with Crippen molar-refractivity contribution in [3.63, 3.8) is 0 Å². The molecule has 1 unspecified atom stereocenters. The van der Waals surface area contributed by atoms with Crippen molar-refractivity contribution in [3.8, 4) is 0 Å². The van der Waals surface area contributed by atoms with Gasteiger partial charge in [-0.3, -0.25) is 0 Å². The molecule has 13 heavy (non-hydrogen) atoms. The van der Waals surface area contributed by atoms with Gasteiger partial charge in [-0.2, -0.15) is 0 Å². The molecule has 0 aliphatic heterocycles. The molecular weight excluding hydrogens is 262 g/mol. The molecule has 71 valence electrons. The number of hydrogen-bond acceptors (Lipinski definition) is 1. The van der Waals surface area contributed by atoms with E-state index in [0.717, 1.165) is 0 Å². The monoisotopic (exact) mass is 277 g/mol. The summed E-state index contributed by atoms with van der Waals surface area (Å²) in [4.78, 5) is 0. The van der Waals surface area contributed by atoms with Crippen molar-refractivity contribution in [3.05, 3.63) is 30.3 Å². The van der Waals surface area contributed by atoms with E-state index in [4.69, 9.17) is 11.8 Å². The van der Waals surface area contributed by atoms with E-state index < -0.39 is 4.73 Å². The summed E-state index contributed by atoms with van der Waals surface area (Å²) >= 11 is 8.94. The van der Waals surface area contributed by atoms with E-state index in [-0.39, 0.29) is 5.16 Å². The van der Waals surface area contributed by atoms with Crippen molar-refractivity contribution in [2.75, 3.05) is 0 Å². The molecule has 1 radical (unpaired) electrons. The summed E-state index contributed by atoms with van der Waals surface area (Å²) in [5.41, 5.74) is 0. The van der Waals surface area contributed by atoms with Crippen LogP contribution in [0.15, 0.2) is 30.3 Å². The van der Waals surface area contributed by atoms with Crippen LogP contribution in [0, 0.1) is 0 Å². The van der Waals surface area contributed by atoms with Gasteiger partial charge in [-0.25, -0.2) is 0 Å². The third kappa shape index (κ3) is 2.44. The molecule has 0 N–H and O–H groups in total. The first-order chi connectivity index (χ1) is 5.86. The Kier molecular flexibility index (Phi) is 3.41. The zero-order valence-corrected chi connectivity index (χ0v) is 11.6. The van der Waals surface area contributed by atoms with E-state index >= 15 is 0 Å². The third-order valence-corrected chi connectivity index (χ3v) is 11.8.